The minimum atomic E-state index is 0.521. The van der Waals surface area contributed by atoms with E-state index < -0.39 is 0 Å². The fourth-order valence-corrected chi connectivity index (χ4v) is 3.17. The van der Waals surface area contributed by atoms with Gasteiger partial charge in [0.05, 0.1) is 0 Å². The number of anilines is 3. The highest BCUT2D eigenvalue weighted by molar-refractivity contribution is 6.31. The molecule has 0 spiro atoms. The van der Waals surface area contributed by atoms with E-state index >= 15 is 0 Å². The van der Waals surface area contributed by atoms with Crippen molar-refractivity contribution in [2.45, 2.75) is 51.5 Å². The van der Waals surface area contributed by atoms with Gasteiger partial charge in [-0.15, -0.1) is 0 Å². The minimum absolute atomic E-state index is 0.521. The van der Waals surface area contributed by atoms with Crippen molar-refractivity contribution in [2.75, 3.05) is 10.6 Å². The maximum Gasteiger partial charge on any atom is 0.229 e. The number of hydrogen-bond donors (Lipinski definition) is 2. The third kappa shape index (κ3) is 4.35. The summed E-state index contributed by atoms with van der Waals surface area (Å²) in [6, 6.07) is 8.24. The van der Waals surface area contributed by atoms with Gasteiger partial charge in [0.25, 0.3) is 0 Å². The summed E-state index contributed by atoms with van der Waals surface area (Å²) in [5.74, 6) is 1.48. The van der Waals surface area contributed by atoms with Gasteiger partial charge >= 0.3 is 0 Å². The molecule has 0 unspecified atom stereocenters. The molecule has 1 aromatic heterocycles. The van der Waals surface area contributed by atoms with Crippen LogP contribution in [-0.2, 0) is 0 Å². The molecule has 0 amide bonds. The maximum atomic E-state index is 6.16. The van der Waals surface area contributed by atoms with Crippen molar-refractivity contribution in [3.63, 3.8) is 0 Å². The van der Waals surface area contributed by atoms with E-state index in [1.165, 1.54) is 38.5 Å². The Labute approximate surface area is 142 Å². The Balaban J connectivity index is 1.70. The molecule has 0 aliphatic heterocycles. The first-order valence-electron chi connectivity index (χ1n) is 8.34. The van der Waals surface area contributed by atoms with Gasteiger partial charge in [-0.1, -0.05) is 43.4 Å². The molecule has 1 fully saturated rings. The first-order valence-corrected chi connectivity index (χ1v) is 8.72. The van der Waals surface area contributed by atoms with Crippen LogP contribution in [0.3, 0.4) is 0 Å². The van der Waals surface area contributed by atoms with Gasteiger partial charge in [0, 0.05) is 22.9 Å². The van der Waals surface area contributed by atoms with Crippen molar-refractivity contribution in [3.8, 4) is 0 Å². The van der Waals surface area contributed by atoms with Gasteiger partial charge in [-0.3, -0.25) is 0 Å². The highest BCUT2D eigenvalue weighted by Crippen LogP contribution is 2.25. The Morgan fingerprint density at radius 1 is 1.09 bits per heavy atom. The predicted octanol–water partition coefficient (Wildman–Crippen LogP) is 5.32. The summed E-state index contributed by atoms with van der Waals surface area (Å²) in [5, 5.41) is 7.55. The highest BCUT2D eigenvalue weighted by Gasteiger charge is 2.13. The molecule has 5 heteroatoms. The van der Waals surface area contributed by atoms with Crippen molar-refractivity contribution in [1.29, 1.82) is 0 Å². The summed E-state index contributed by atoms with van der Waals surface area (Å²) in [7, 11) is 0. The largest absolute Gasteiger partial charge is 0.367 e. The van der Waals surface area contributed by atoms with Crippen LogP contribution in [0.15, 0.2) is 30.5 Å². The molecule has 2 N–H and O–H groups in total. The first kappa shape index (κ1) is 16.1. The molecular formula is C18H23ClN4. The van der Waals surface area contributed by atoms with Crippen LogP contribution in [0, 0.1) is 6.92 Å². The SMILES string of the molecule is Cc1c(Cl)cccc1Nc1nccc(NC2CCCCCC2)n1. The van der Waals surface area contributed by atoms with Crippen LogP contribution < -0.4 is 10.6 Å². The van der Waals surface area contributed by atoms with Gasteiger partial charge in [0.2, 0.25) is 5.95 Å². The van der Waals surface area contributed by atoms with Crippen molar-refractivity contribution in [3.05, 3.63) is 41.0 Å². The molecule has 1 aliphatic rings. The zero-order chi connectivity index (χ0) is 16.1. The second-order valence-electron chi connectivity index (χ2n) is 6.14. The van der Waals surface area contributed by atoms with Crippen LogP contribution >= 0.6 is 11.6 Å². The minimum Gasteiger partial charge on any atom is -0.367 e. The Morgan fingerprint density at radius 2 is 1.87 bits per heavy atom. The molecule has 122 valence electrons. The number of aromatic nitrogens is 2. The number of rotatable bonds is 4. The van der Waals surface area contributed by atoms with E-state index in [1.807, 2.05) is 31.2 Å². The number of hydrogen-bond acceptors (Lipinski definition) is 4. The van der Waals surface area contributed by atoms with Gasteiger partial charge in [-0.2, -0.15) is 4.98 Å². The Kier molecular flexibility index (Phi) is 5.34. The highest BCUT2D eigenvalue weighted by atomic mass is 35.5. The molecule has 1 saturated carbocycles. The third-order valence-electron chi connectivity index (χ3n) is 4.38. The van der Waals surface area contributed by atoms with Crippen LogP contribution in [0.2, 0.25) is 5.02 Å². The van der Waals surface area contributed by atoms with Crippen LogP contribution in [0.25, 0.3) is 0 Å². The maximum absolute atomic E-state index is 6.16. The van der Waals surface area contributed by atoms with E-state index in [0.717, 1.165) is 22.1 Å². The van der Waals surface area contributed by atoms with E-state index in [9.17, 15) is 0 Å². The van der Waals surface area contributed by atoms with Crippen molar-refractivity contribution < 1.29 is 0 Å². The molecule has 0 atom stereocenters. The smallest absolute Gasteiger partial charge is 0.229 e. The molecule has 4 nitrogen and oxygen atoms in total. The second-order valence-corrected chi connectivity index (χ2v) is 6.54. The number of halogens is 1. The van der Waals surface area contributed by atoms with Gasteiger partial charge in [-0.05, 0) is 43.5 Å². The summed E-state index contributed by atoms with van der Waals surface area (Å²) < 4.78 is 0. The van der Waals surface area contributed by atoms with E-state index in [-0.39, 0.29) is 0 Å². The summed E-state index contributed by atoms with van der Waals surface area (Å²) in [6.07, 6.45) is 9.53. The zero-order valence-corrected chi connectivity index (χ0v) is 14.2. The molecule has 0 radical (unpaired) electrons. The summed E-state index contributed by atoms with van der Waals surface area (Å²) in [4.78, 5) is 8.90. The average molecular weight is 331 g/mol. The lowest BCUT2D eigenvalue weighted by molar-refractivity contribution is 0.617. The van der Waals surface area contributed by atoms with Crippen molar-refractivity contribution in [2.24, 2.45) is 0 Å². The van der Waals surface area contributed by atoms with Crippen molar-refractivity contribution in [1.82, 2.24) is 9.97 Å². The zero-order valence-electron chi connectivity index (χ0n) is 13.5. The summed E-state index contributed by atoms with van der Waals surface area (Å²) in [5.41, 5.74) is 1.93. The van der Waals surface area contributed by atoms with E-state index in [4.69, 9.17) is 11.6 Å². The molecule has 3 rings (SSSR count). The molecule has 1 aliphatic carbocycles. The fraction of sp³-hybridized carbons (Fsp3) is 0.444. The molecule has 1 aromatic carbocycles. The normalized spacial score (nSPS) is 15.9. The van der Waals surface area contributed by atoms with Gasteiger partial charge < -0.3 is 10.6 Å². The van der Waals surface area contributed by atoms with Gasteiger partial charge in [-0.25, -0.2) is 4.98 Å². The average Bonchev–Trinajstić information content (AvgIpc) is 2.81. The molecule has 2 aromatic rings. The van der Waals surface area contributed by atoms with E-state index in [1.54, 1.807) is 6.20 Å². The Morgan fingerprint density at radius 3 is 2.65 bits per heavy atom. The quantitative estimate of drug-likeness (QED) is 0.745. The molecule has 0 bridgehead atoms. The molecule has 1 heterocycles. The molecular weight excluding hydrogens is 308 g/mol. The van der Waals surface area contributed by atoms with Crippen LogP contribution in [0.1, 0.15) is 44.1 Å². The second kappa shape index (κ2) is 7.64. The van der Waals surface area contributed by atoms with Crippen molar-refractivity contribution >= 4 is 29.1 Å². The Bertz CT molecular complexity index is 651. The van der Waals surface area contributed by atoms with Crippen LogP contribution in [-0.4, -0.2) is 16.0 Å². The van der Waals surface area contributed by atoms with Crippen LogP contribution in [0.5, 0.6) is 0 Å². The topological polar surface area (TPSA) is 49.8 Å². The summed E-state index contributed by atoms with van der Waals surface area (Å²) >= 11 is 6.16. The first-order chi connectivity index (χ1) is 11.2. The number of nitrogens with one attached hydrogen (secondary N) is 2. The van der Waals surface area contributed by atoms with Gasteiger partial charge in [0.1, 0.15) is 5.82 Å². The molecule has 23 heavy (non-hydrogen) atoms. The molecule has 0 saturated heterocycles. The standard InChI is InChI=1S/C18H23ClN4/c1-13-15(19)9-6-10-16(13)22-18-20-12-11-17(23-18)21-14-7-4-2-3-5-8-14/h6,9-12,14H,2-5,7-8H2,1H3,(H2,20,21,22,23). The Hall–Kier alpha value is -1.81. The third-order valence-corrected chi connectivity index (χ3v) is 4.79. The monoisotopic (exact) mass is 330 g/mol. The van der Waals surface area contributed by atoms with E-state index in [0.29, 0.717) is 12.0 Å². The lowest BCUT2D eigenvalue weighted by Gasteiger charge is -2.17. The van der Waals surface area contributed by atoms with Gasteiger partial charge in [0.15, 0.2) is 0 Å². The summed E-state index contributed by atoms with van der Waals surface area (Å²) in [6.45, 7) is 1.98. The van der Waals surface area contributed by atoms with E-state index in [2.05, 4.69) is 20.6 Å². The lowest BCUT2D eigenvalue weighted by atomic mass is 10.1. The number of nitrogens with zero attached hydrogens (tertiary/aromatic N) is 2. The number of benzene rings is 1. The lowest BCUT2D eigenvalue weighted by Crippen LogP contribution is -2.19. The fourth-order valence-electron chi connectivity index (χ4n) is 3.00. The predicted molar refractivity (Wildman–Crippen MR) is 96.6 cm³/mol. The van der Waals surface area contributed by atoms with Crippen LogP contribution in [0.4, 0.5) is 17.5 Å².